The van der Waals surface area contributed by atoms with Crippen LogP contribution < -0.4 is 5.73 Å². The molecule has 5 heteroatoms. The first-order valence-electron chi connectivity index (χ1n) is 4.70. The Kier molecular flexibility index (Phi) is 10.7. The van der Waals surface area contributed by atoms with Gasteiger partial charge in [0.2, 0.25) is 0 Å². The van der Waals surface area contributed by atoms with Crippen molar-refractivity contribution in [3.8, 4) is 0 Å². The Bertz CT molecular complexity index is 144. The largest absolute Gasteiger partial charge is 0.393 e. The summed E-state index contributed by atoms with van der Waals surface area (Å²) in [7, 11) is 1.65. The van der Waals surface area contributed by atoms with E-state index in [0.29, 0.717) is 38.0 Å². The van der Waals surface area contributed by atoms with E-state index in [0.717, 1.165) is 12.8 Å². The van der Waals surface area contributed by atoms with Gasteiger partial charge in [-0.1, -0.05) is 12.2 Å². The van der Waals surface area contributed by atoms with E-state index in [9.17, 15) is 0 Å². The van der Waals surface area contributed by atoms with Crippen LogP contribution in [0.4, 0.5) is 0 Å². The van der Waals surface area contributed by atoms with E-state index in [2.05, 4.69) is 0 Å². The molecule has 2 N–H and O–H groups in total. The van der Waals surface area contributed by atoms with E-state index < -0.39 is 0 Å². The summed E-state index contributed by atoms with van der Waals surface area (Å²) < 4.78 is 15.3. The molecular formula is C9H19NO3S. The van der Waals surface area contributed by atoms with Gasteiger partial charge in [-0.3, -0.25) is 0 Å². The summed E-state index contributed by atoms with van der Waals surface area (Å²) in [4.78, 5) is 0.546. The molecule has 0 aromatic rings. The van der Waals surface area contributed by atoms with E-state index in [1.54, 1.807) is 7.11 Å². The summed E-state index contributed by atoms with van der Waals surface area (Å²) in [5, 5.41) is 0. The zero-order chi connectivity index (χ0) is 10.6. The van der Waals surface area contributed by atoms with E-state index in [-0.39, 0.29) is 0 Å². The predicted molar refractivity (Wildman–Crippen MR) is 59.5 cm³/mol. The monoisotopic (exact) mass is 221 g/mol. The molecule has 0 unspecified atom stereocenters. The Hall–Kier alpha value is -0.230. The number of rotatable bonds is 10. The predicted octanol–water partition coefficient (Wildman–Crippen LogP) is 0.732. The molecule has 0 saturated carbocycles. The lowest BCUT2D eigenvalue weighted by Gasteiger charge is -2.04. The fraction of sp³-hybridized carbons (Fsp3) is 0.889. The molecule has 84 valence electrons. The van der Waals surface area contributed by atoms with Crippen molar-refractivity contribution in [1.82, 2.24) is 0 Å². The second-order valence-electron chi connectivity index (χ2n) is 2.79. The number of thiocarbonyl (C=S) groups is 1. The van der Waals surface area contributed by atoms with Crippen LogP contribution in [0.2, 0.25) is 0 Å². The van der Waals surface area contributed by atoms with Gasteiger partial charge in [0.1, 0.15) is 0 Å². The van der Waals surface area contributed by atoms with Gasteiger partial charge < -0.3 is 19.9 Å². The van der Waals surface area contributed by atoms with Crippen LogP contribution in [0.25, 0.3) is 0 Å². The molecule has 0 radical (unpaired) electrons. The summed E-state index contributed by atoms with van der Waals surface area (Å²) >= 11 is 4.73. The zero-order valence-corrected chi connectivity index (χ0v) is 9.48. The summed E-state index contributed by atoms with van der Waals surface area (Å²) in [6.07, 6.45) is 1.63. The van der Waals surface area contributed by atoms with Gasteiger partial charge >= 0.3 is 0 Å². The molecule has 0 aliphatic carbocycles. The van der Waals surface area contributed by atoms with Crippen molar-refractivity contribution in [3.63, 3.8) is 0 Å². The minimum absolute atomic E-state index is 0.546. The van der Waals surface area contributed by atoms with Crippen LogP contribution in [0, 0.1) is 0 Å². The van der Waals surface area contributed by atoms with Crippen molar-refractivity contribution in [1.29, 1.82) is 0 Å². The molecular weight excluding hydrogens is 202 g/mol. The first-order chi connectivity index (χ1) is 6.77. The Balaban J connectivity index is 2.88. The van der Waals surface area contributed by atoms with Gasteiger partial charge in [-0.15, -0.1) is 0 Å². The summed E-state index contributed by atoms with van der Waals surface area (Å²) in [6.45, 7) is 3.15. The maximum atomic E-state index is 5.33. The maximum absolute atomic E-state index is 5.33. The summed E-state index contributed by atoms with van der Waals surface area (Å²) in [5.41, 5.74) is 5.33. The van der Waals surface area contributed by atoms with Crippen molar-refractivity contribution in [2.24, 2.45) is 5.73 Å². The molecule has 14 heavy (non-hydrogen) atoms. The second kappa shape index (κ2) is 10.8. The molecule has 0 bridgehead atoms. The van der Waals surface area contributed by atoms with Crippen molar-refractivity contribution in [2.75, 3.05) is 40.1 Å². The number of hydrogen-bond donors (Lipinski definition) is 1. The van der Waals surface area contributed by atoms with Crippen molar-refractivity contribution in [2.45, 2.75) is 12.8 Å². The SMILES string of the molecule is COCCOCCOCCCC(N)=S. The van der Waals surface area contributed by atoms with Gasteiger partial charge in [0, 0.05) is 13.7 Å². The Morgan fingerprint density at radius 1 is 1.07 bits per heavy atom. The number of nitrogens with two attached hydrogens (primary N) is 1. The molecule has 0 aliphatic rings. The fourth-order valence-electron chi connectivity index (χ4n) is 0.813. The number of hydrogen-bond acceptors (Lipinski definition) is 4. The van der Waals surface area contributed by atoms with E-state index in [1.807, 2.05) is 0 Å². The lowest BCUT2D eigenvalue weighted by molar-refractivity contribution is 0.0246. The molecule has 4 nitrogen and oxygen atoms in total. The smallest absolute Gasteiger partial charge is 0.0728 e. The van der Waals surface area contributed by atoms with Gasteiger partial charge in [0.05, 0.1) is 31.4 Å². The Labute approximate surface area is 90.7 Å². The third kappa shape index (κ3) is 11.8. The maximum Gasteiger partial charge on any atom is 0.0728 e. The summed E-state index contributed by atoms with van der Waals surface area (Å²) in [5.74, 6) is 0. The molecule has 0 heterocycles. The minimum atomic E-state index is 0.546. The van der Waals surface area contributed by atoms with Crippen molar-refractivity contribution in [3.05, 3.63) is 0 Å². The third-order valence-corrected chi connectivity index (χ3v) is 1.72. The van der Waals surface area contributed by atoms with Crippen LogP contribution in [-0.2, 0) is 14.2 Å². The van der Waals surface area contributed by atoms with Gasteiger partial charge in [-0.25, -0.2) is 0 Å². The average molecular weight is 221 g/mol. The number of methoxy groups -OCH3 is 1. The molecule has 0 aromatic heterocycles. The molecule has 0 aromatic carbocycles. The molecule has 0 fully saturated rings. The highest BCUT2D eigenvalue weighted by atomic mass is 32.1. The highest BCUT2D eigenvalue weighted by molar-refractivity contribution is 7.80. The topological polar surface area (TPSA) is 53.7 Å². The minimum Gasteiger partial charge on any atom is -0.393 e. The second-order valence-corrected chi connectivity index (χ2v) is 3.31. The molecule has 0 aliphatic heterocycles. The first-order valence-corrected chi connectivity index (χ1v) is 5.11. The highest BCUT2D eigenvalue weighted by Crippen LogP contribution is 1.90. The van der Waals surface area contributed by atoms with Crippen LogP contribution in [0.1, 0.15) is 12.8 Å². The fourth-order valence-corrected chi connectivity index (χ4v) is 0.957. The lowest BCUT2D eigenvalue weighted by atomic mass is 10.3. The molecule has 0 spiro atoms. The molecule has 0 rings (SSSR count). The van der Waals surface area contributed by atoms with Crippen LogP contribution in [0.3, 0.4) is 0 Å². The molecule has 0 atom stereocenters. The quantitative estimate of drug-likeness (QED) is 0.435. The van der Waals surface area contributed by atoms with Crippen LogP contribution >= 0.6 is 12.2 Å². The molecule has 0 amide bonds. The van der Waals surface area contributed by atoms with Gasteiger partial charge in [0.15, 0.2) is 0 Å². The number of ether oxygens (including phenoxy) is 3. The van der Waals surface area contributed by atoms with Gasteiger partial charge in [-0.2, -0.15) is 0 Å². The zero-order valence-electron chi connectivity index (χ0n) is 8.66. The summed E-state index contributed by atoms with van der Waals surface area (Å²) in [6, 6.07) is 0. The van der Waals surface area contributed by atoms with E-state index in [4.69, 9.17) is 32.2 Å². The normalized spacial score (nSPS) is 10.4. The van der Waals surface area contributed by atoms with Crippen LogP contribution in [0.5, 0.6) is 0 Å². The van der Waals surface area contributed by atoms with Crippen molar-refractivity contribution < 1.29 is 14.2 Å². The van der Waals surface area contributed by atoms with Gasteiger partial charge in [0.25, 0.3) is 0 Å². The average Bonchev–Trinajstić information content (AvgIpc) is 2.15. The Morgan fingerprint density at radius 3 is 2.21 bits per heavy atom. The lowest BCUT2D eigenvalue weighted by Crippen LogP contribution is -2.11. The van der Waals surface area contributed by atoms with E-state index in [1.165, 1.54) is 0 Å². The molecule has 0 saturated heterocycles. The first kappa shape index (κ1) is 13.8. The van der Waals surface area contributed by atoms with Gasteiger partial charge in [-0.05, 0) is 12.8 Å². The third-order valence-electron chi connectivity index (χ3n) is 1.52. The van der Waals surface area contributed by atoms with Crippen LogP contribution in [-0.4, -0.2) is 45.1 Å². The van der Waals surface area contributed by atoms with Crippen molar-refractivity contribution >= 4 is 17.2 Å². The standard InChI is InChI=1S/C9H19NO3S/c1-11-5-6-13-8-7-12-4-2-3-9(10)14/h2-8H2,1H3,(H2,10,14). The Morgan fingerprint density at radius 2 is 1.64 bits per heavy atom. The van der Waals surface area contributed by atoms with Crippen LogP contribution in [0.15, 0.2) is 0 Å². The van der Waals surface area contributed by atoms with E-state index >= 15 is 0 Å². The highest BCUT2D eigenvalue weighted by Gasteiger charge is 1.92.